The number of rotatable bonds is 2. The summed E-state index contributed by atoms with van der Waals surface area (Å²) in [7, 11) is 0. The second kappa shape index (κ2) is 6.80. The van der Waals surface area contributed by atoms with Gasteiger partial charge in [0.2, 0.25) is 11.8 Å². The van der Waals surface area contributed by atoms with E-state index in [-0.39, 0.29) is 17.7 Å². The van der Waals surface area contributed by atoms with Crippen LogP contribution in [0.25, 0.3) is 0 Å². The Morgan fingerprint density at radius 1 is 0.905 bits per heavy atom. The highest BCUT2D eigenvalue weighted by atomic mass is 16.2. The third kappa shape index (κ3) is 3.41. The van der Waals surface area contributed by atoms with Crippen LogP contribution in [0.5, 0.6) is 0 Å². The Kier molecular flexibility index (Phi) is 4.81. The predicted octanol–water partition coefficient (Wildman–Crippen LogP) is 2.57. The molecule has 3 fully saturated rings. The molecule has 0 bridgehead atoms. The van der Waals surface area contributed by atoms with Crippen LogP contribution in [0.15, 0.2) is 0 Å². The second-order valence-electron chi connectivity index (χ2n) is 6.98. The third-order valence-corrected chi connectivity index (χ3v) is 5.44. The van der Waals surface area contributed by atoms with Gasteiger partial charge in [-0.3, -0.25) is 9.59 Å². The Morgan fingerprint density at radius 3 is 2.19 bits per heavy atom. The number of hydrogen-bond acceptors (Lipinski definition) is 2. The van der Waals surface area contributed by atoms with Crippen molar-refractivity contribution in [1.82, 2.24) is 9.80 Å². The molecule has 2 heterocycles. The molecule has 0 aromatic carbocycles. The van der Waals surface area contributed by atoms with Gasteiger partial charge in [-0.05, 0) is 25.7 Å². The van der Waals surface area contributed by atoms with E-state index in [0.29, 0.717) is 19.0 Å². The Labute approximate surface area is 127 Å². The molecule has 4 nitrogen and oxygen atoms in total. The molecule has 1 unspecified atom stereocenters. The van der Waals surface area contributed by atoms with Crippen LogP contribution in [0.2, 0.25) is 0 Å². The minimum Gasteiger partial charge on any atom is -0.342 e. The van der Waals surface area contributed by atoms with Crippen molar-refractivity contribution in [2.24, 2.45) is 5.92 Å². The molecule has 118 valence electrons. The summed E-state index contributed by atoms with van der Waals surface area (Å²) in [5.74, 6) is 0.385. The van der Waals surface area contributed by atoms with Crippen molar-refractivity contribution in [3.63, 3.8) is 0 Å². The summed E-state index contributed by atoms with van der Waals surface area (Å²) in [5.41, 5.74) is 0. The van der Waals surface area contributed by atoms with Crippen molar-refractivity contribution >= 4 is 11.8 Å². The summed E-state index contributed by atoms with van der Waals surface area (Å²) < 4.78 is 0. The summed E-state index contributed by atoms with van der Waals surface area (Å²) >= 11 is 0. The number of carbonyl (C=O) groups is 2. The molecule has 0 spiro atoms. The van der Waals surface area contributed by atoms with E-state index in [2.05, 4.69) is 0 Å². The van der Waals surface area contributed by atoms with Gasteiger partial charge >= 0.3 is 0 Å². The Bertz CT molecular complexity index is 382. The van der Waals surface area contributed by atoms with Gasteiger partial charge in [-0.15, -0.1) is 0 Å². The van der Waals surface area contributed by atoms with E-state index < -0.39 is 0 Å². The van der Waals surface area contributed by atoms with Crippen molar-refractivity contribution in [1.29, 1.82) is 0 Å². The van der Waals surface area contributed by atoms with Crippen LogP contribution in [-0.4, -0.2) is 47.3 Å². The molecule has 2 amide bonds. The number of nitrogens with zero attached hydrogens (tertiary/aromatic N) is 2. The number of carbonyl (C=O) groups excluding carboxylic acids is 2. The maximum absolute atomic E-state index is 12.7. The van der Waals surface area contributed by atoms with Crippen LogP contribution >= 0.6 is 0 Å². The largest absolute Gasteiger partial charge is 0.342 e. The Hall–Kier alpha value is -1.06. The highest BCUT2D eigenvalue weighted by molar-refractivity contribution is 5.89. The van der Waals surface area contributed by atoms with Crippen LogP contribution < -0.4 is 0 Å². The van der Waals surface area contributed by atoms with Gasteiger partial charge < -0.3 is 9.80 Å². The molecule has 4 heteroatoms. The molecule has 1 saturated carbocycles. The highest BCUT2D eigenvalue weighted by Crippen LogP contribution is 2.29. The fourth-order valence-corrected chi connectivity index (χ4v) is 4.19. The van der Waals surface area contributed by atoms with Gasteiger partial charge in [0.25, 0.3) is 0 Å². The van der Waals surface area contributed by atoms with Crippen LogP contribution in [0.3, 0.4) is 0 Å². The van der Waals surface area contributed by atoms with Gasteiger partial charge in [-0.2, -0.15) is 0 Å². The molecule has 2 saturated heterocycles. The minimum atomic E-state index is -0.0717. The SMILES string of the molecule is O=C(C1CC(=O)N(C2CCCCC2)C1)N1CCCCCC1. The summed E-state index contributed by atoms with van der Waals surface area (Å²) in [6.45, 7) is 2.47. The standard InChI is InChI=1S/C17H28N2O2/c20-16-12-14(13-19(16)15-8-4-3-5-9-15)17(21)18-10-6-1-2-7-11-18/h14-15H,1-13H2. The molecule has 21 heavy (non-hydrogen) atoms. The maximum atomic E-state index is 12.7. The van der Waals surface area contributed by atoms with E-state index in [9.17, 15) is 9.59 Å². The molecule has 1 atom stereocenters. The van der Waals surface area contributed by atoms with Crippen molar-refractivity contribution in [2.45, 2.75) is 70.3 Å². The van der Waals surface area contributed by atoms with Crippen LogP contribution in [0, 0.1) is 5.92 Å². The molecule has 0 N–H and O–H groups in total. The summed E-state index contributed by atoms with van der Waals surface area (Å²) in [5, 5.41) is 0. The average Bonchev–Trinajstić information content (AvgIpc) is 2.74. The van der Waals surface area contributed by atoms with Gasteiger partial charge in [0.05, 0.1) is 5.92 Å². The number of amides is 2. The highest BCUT2D eigenvalue weighted by Gasteiger charge is 2.39. The molecule has 2 aliphatic heterocycles. The van der Waals surface area contributed by atoms with Gasteiger partial charge in [0.1, 0.15) is 0 Å². The zero-order valence-corrected chi connectivity index (χ0v) is 13.1. The Morgan fingerprint density at radius 2 is 1.52 bits per heavy atom. The quantitative estimate of drug-likeness (QED) is 0.785. The van der Waals surface area contributed by atoms with Gasteiger partial charge in [0, 0.05) is 32.1 Å². The molecule has 0 radical (unpaired) electrons. The summed E-state index contributed by atoms with van der Waals surface area (Å²) in [6.07, 6.45) is 11.2. The number of likely N-dealkylation sites (tertiary alicyclic amines) is 2. The zero-order chi connectivity index (χ0) is 14.7. The predicted molar refractivity (Wildman–Crippen MR) is 81.7 cm³/mol. The topological polar surface area (TPSA) is 40.6 Å². The van der Waals surface area contributed by atoms with E-state index in [1.807, 2.05) is 9.80 Å². The monoisotopic (exact) mass is 292 g/mol. The molecule has 3 aliphatic rings. The van der Waals surface area contributed by atoms with E-state index in [0.717, 1.165) is 38.8 Å². The van der Waals surface area contributed by atoms with Crippen LogP contribution in [0.1, 0.15) is 64.2 Å². The van der Waals surface area contributed by atoms with E-state index in [1.165, 1.54) is 32.1 Å². The lowest BCUT2D eigenvalue weighted by Crippen LogP contribution is -2.40. The molecular formula is C17H28N2O2. The molecule has 3 rings (SSSR count). The maximum Gasteiger partial charge on any atom is 0.227 e. The van der Waals surface area contributed by atoms with Crippen molar-refractivity contribution in [3.05, 3.63) is 0 Å². The van der Waals surface area contributed by atoms with Crippen LogP contribution in [0.4, 0.5) is 0 Å². The zero-order valence-electron chi connectivity index (χ0n) is 13.1. The van der Waals surface area contributed by atoms with Gasteiger partial charge in [-0.1, -0.05) is 32.1 Å². The molecular weight excluding hydrogens is 264 g/mol. The number of hydrogen-bond donors (Lipinski definition) is 0. The smallest absolute Gasteiger partial charge is 0.227 e. The lowest BCUT2D eigenvalue weighted by Gasteiger charge is -2.31. The first kappa shape index (κ1) is 14.9. The minimum absolute atomic E-state index is 0.0717. The summed E-state index contributed by atoms with van der Waals surface area (Å²) in [6, 6.07) is 0.410. The van der Waals surface area contributed by atoms with Crippen molar-refractivity contribution in [2.75, 3.05) is 19.6 Å². The van der Waals surface area contributed by atoms with Gasteiger partial charge in [0.15, 0.2) is 0 Å². The van der Waals surface area contributed by atoms with E-state index in [4.69, 9.17) is 0 Å². The first-order valence-corrected chi connectivity index (χ1v) is 8.84. The lowest BCUT2D eigenvalue weighted by molar-refractivity contribution is -0.135. The van der Waals surface area contributed by atoms with E-state index >= 15 is 0 Å². The van der Waals surface area contributed by atoms with Gasteiger partial charge in [-0.25, -0.2) is 0 Å². The Balaban J connectivity index is 1.59. The third-order valence-electron chi connectivity index (χ3n) is 5.44. The summed E-state index contributed by atoms with van der Waals surface area (Å²) in [4.78, 5) is 29.0. The van der Waals surface area contributed by atoms with Crippen molar-refractivity contribution < 1.29 is 9.59 Å². The molecule has 0 aromatic heterocycles. The first-order valence-electron chi connectivity index (χ1n) is 8.84. The average molecular weight is 292 g/mol. The van der Waals surface area contributed by atoms with Crippen molar-refractivity contribution in [3.8, 4) is 0 Å². The van der Waals surface area contributed by atoms with Crippen LogP contribution in [-0.2, 0) is 9.59 Å². The fourth-order valence-electron chi connectivity index (χ4n) is 4.19. The lowest BCUT2D eigenvalue weighted by atomic mass is 9.94. The fraction of sp³-hybridized carbons (Fsp3) is 0.882. The van der Waals surface area contributed by atoms with E-state index in [1.54, 1.807) is 0 Å². The molecule has 0 aromatic rings. The normalized spacial score (nSPS) is 28.8. The first-order chi connectivity index (χ1) is 10.3. The molecule has 1 aliphatic carbocycles. The second-order valence-corrected chi connectivity index (χ2v) is 6.98.